The second kappa shape index (κ2) is 8.46. The molecule has 0 saturated heterocycles. The molecule has 0 unspecified atom stereocenters. The van der Waals surface area contributed by atoms with Crippen LogP contribution in [0.3, 0.4) is 0 Å². The van der Waals surface area contributed by atoms with Crippen molar-refractivity contribution in [3.63, 3.8) is 0 Å². The number of hydrogen-bond acceptors (Lipinski definition) is 7. The molecule has 0 aliphatic carbocycles. The lowest BCUT2D eigenvalue weighted by Gasteiger charge is -2.08. The van der Waals surface area contributed by atoms with E-state index < -0.39 is 4.92 Å². The number of aryl methyl sites for hydroxylation is 2. The highest BCUT2D eigenvalue weighted by Crippen LogP contribution is 2.29. The number of nitro groups is 1. The maximum Gasteiger partial charge on any atom is 0.311 e. The normalized spacial score (nSPS) is 13.3. The number of hydrogen-bond donors (Lipinski definition) is 0. The second-order valence-electron chi connectivity index (χ2n) is 6.07. The summed E-state index contributed by atoms with van der Waals surface area (Å²) in [5.41, 5.74) is 1.41. The zero-order valence-corrected chi connectivity index (χ0v) is 14.6. The molecular formula is C18H21N3O5. The van der Waals surface area contributed by atoms with Crippen LogP contribution < -0.4 is 4.74 Å². The van der Waals surface area contributed by atoms with Gasteiger partial charge < -0.3 is 14.0 Å². The Labute approximate surface area is 151 Å². The van der Waals surface area contributed by atoms with Crippen molar-refractivity contribution in [3.05, 3.63) is 51.4 Å². The number of unbranched alkanes of at least 4 members (excludes halogenated alkanes) is 2. The Bertz CT molecular complexity index is 800. The zero-order valence-electron chi connectivity index (χ0n) is 14.6. The first kappa shape index (κ1) is 17.9. The minimum Gasteiger partial charge on any atom is -0.487 e. The van der Waals surface area contributed by atoms with E-state index in [1.54, 1.807) is 12.1 Å². The molecule has 8 nitrogen and oxygen atoms in total. The lowest BCUT2D eigenvalue weighted by molar-refractivity contribution is -0.385. The molecule has 2 aromatic rings. The SMILES string of the molecule is Cc1cc(CCCCCOc2ccc(C3=NCCO3)cc2[N+](=O)[O-])on1. The van der Waals surface area contributed by atoms with Crippen molar-refractivity contribution in [2.75, 3.05) is 19.8 Å². The van der Waals surface area contributed by atoms with E-state index in [2.05, 4.69) is 10.1 Å². The maximum absolute atomic E-state index is 11.3. The van der Waals surface area contributed by atoms with E-state index in [1.165, 1.54) is 6.07 Å². The molecule has 0 amide bonds. The van der Waals surface area contributed by atoms with Crippen LogP contribution in [0.25, 0.3) is 0 Å². The average Bonchev–Trinajstić information content (AvgIpc) is 3.30. The van der Waals surface area contributed by atoms with Crippen molar-refractivity contribution in [2.45, 2.75) is 32.6 Å². The molecule has 0 N–H and O–H groups in total. The zero-order chi connectivity index (χ0) is 18.4. The van der Waals surface area contributed by atoms with Gasteiger partial charge in [-0.25, -0.2) is 4.99 Å². The third-order valence-corrected chi connectivity index (χ3v) is 3.99. The Kier molecular flexibility index (Phi) is 5.83. The summed E-state index contributed by atoms with van der Waals surface area (Å²) in [5.74, 6) is 1.59. The molecular weight excluding hydrogens is 338 g/mol. The van der Waals surface area contributed by atoms with Gasteiger partial charge in [0, 0.05) is 24.1 Å². The molecule has 8 heteroatoms. The summed E-state index contributed by atoms with van der Waals surface area (Å²) in [4.78, 5) is 15.0. The minimum atomic E-state index is -0.444. The molecule has 1 aromatic heterocycles. The molecule has 3 rings (SSSR count). The van der Waals surface area contributed by atoms with Crippen molar-refractivity contribution in [3.8, 4) is 5.75 Å². The Hall–Kier alpha value is -2.90. The molecule has 0 bridgehead atoms. The van der Waals surface area contributed by atoms with Crippen LogP contribution in [0.15, 0.2) is 33.8 Å². The summed E-state index contributed by atoms with van der Waals surface area (Å²) in [5, 5.41) is 15.2. The highest BCUT2D eigenvalue weighted by molar-refractivity contribution is 5.95. The molecule has 1 aliphatic heterocycles. The summed E-state index contributed by atoms with van der Waals surface area (Å²) in [7, 11) is 0. The number of aromatic nitrogens is 1. The van der Waals surface area contributed by atoms with Crippen molar-refractivity contribution >= 4 is 11.6 Å². The summed E-state index contributed by atoms with van der Waals surface area (Å²) in [6.45, 7) is 3.40. The summed E-state index contributed by atoms with van der Waals surface area (Å²) in [6, 6.07) is 6.72. The van der Waals surface area contributed by atoms with Gasteiger partial charge in [-0.05, 0) is 38.3 Å². The predicted molar refractivity (Wildman–Crippen MR) is 94.7 cm³/mol. The molecule has 0 atom stereocenters. The largest absolute Gasteiger partial charge is 0.487 e. The van der Waals surface area contributed by atoms with Gasteiger partial charge in [0.05, 0.1) is 23.8 Å². The smallest absolute Gasteiger partial charge is 0.311 e. The van der Waals surface area contributed by atoms with Crippen molar-refractivity contribution < 1.29 is 18.9 Å². The lowest BCUT2D eigenvalue weighted by Crippen LogP contribution is -2.05. The van der Waals surface area contributed by atoms with Gasteiger partial charge in [0.1, 0.15) is 12.4 Å². The van der Waals surface area contributed by atoms with E-state index in [0.29, 0.717) is 31.2 Å². The first-order valence-electron chi connectivity index (χ1n) is 8.64. The van der Waals surface area contributed by atoms with Crippen molar-refractivity contribution in [1.82, 2.24) is 5.16 Å². The number of benzene rings is 1. The van der Waals surface area contributed by atoms with Gasteiger partial charge in [-0.15, -0.1) is 0 Å². The van der Waals surface area contributed by atoms with Crippen molar-refractivity contribution in [2.24, 2.45) is 4.99 Å². The van der Waals surface area contributed by atoms with Crippen LogP contribution in [0.1, 0.15) is 36.3 Å². The Morgan fingerprint density at radius 1 is 1.27 bits per heavy atom. The first-order chi connectivity index (χ1) is 12.6. The summed E-state index contributed by atoms with van der Waals surface area (Å²) >= 11 is 0. The Morgan fingerprint density at radius 3 is 2.85 bits per heavy atom. The number of ether oxygens (including phenoxy) is 2. The molecule has 26 heavy (non-hydrogen) atoms. The van der Waals surface area contributed by atoms with Gasteiger partial charge in [-0.1, -0.05) is 5.16 Å². The van der Waals surface area contributed by atoms with Gasteiger partial charge in [0.25, 0.3) is 0 Å². The monoisotopic (exact) mass is 359 g/mol. The van der Waals surface area contributed by atoms with Crippen LogP contribution in [-0.4, -0.2) is 35.7 Å². The molecule has 138 valence electrons. The average molecular weight is 359 g/mol. The van der Waals surface area contributed by atoms with Crippen LogP contribution in [0.2, 0.25) is 0 Å². The first-order valence-corrected chi connectivity index (χ1v) is 8.64. The van der Waals surface area contributed by atoms with Crippen molar-refractivity contribution in [1.29, 1.82) is 0 Å². The van der Waals surface area contributed by atoms with E-state index in [-0.39, 0.29) is 11.4 Å². The summed E-state index contributed by atoms with van der Waals surface area (Å²) in [6.07, 6.45) is 3.53. The quantitative estimate of drug-likeness (QED) is 0.386. The molecule has 0 saturated carbocycles. The highest BCUT2D eigenvalue weighted by Gasteiger charge is 2.20. The minimum absolute atomic E-state index is 0.0714. The molecule has 1 aliphatic rings. The Balaban J connectivity index is 1.48. The van der Waals surface area contributed by atoms with E-state index in [4.69, 9.17) is 14.0 Å². The molecule has 2 heterocycles. The van der Waals surface area contributed by atoms with Gasteiger partial charge in [0.15, 0.2) is 5.75 Å². The van der Waals surface area contributed by atoms with Gasteiger partial charge in [-0.2, -0.15) is 0 Å². The predicted octanol–water partition coefficient (Wildman–Crippen LogP) is 3.46. The second-order valence-corrected chi connectivity index (χ2v) is 6.07. The summed E-state index contributed by atoms with van der Waals surface area (Å²) < 4.78 is 16.1. The fraction of sp³-hybridized carbons (Fsp3) is 0.444. The van der Waals surface area contributed by atoms with Gasteiger partial charge >= 0.3 is 5.69 Å². The standard InChI is InChI=1S/C18H21N3O5/c1-13-11-15(26-20-13)5-3-2-4-9-24-17-7-6-14(12-16(17)21(22)23)18-19-8-10-25-18/h6-7,11-12H,2-5,8-10H2,1H3. The maximum atomic E-state index is 11.3. The van der Waals surface area contributed by atoms with E-state index in [0.717, 1.165) is 37.1 Å². The molecule has 0 spiro atoms. The molecule has 0 fully saturated rings. The third kappa shape index (κ3) is 4.59. The molecule has 0 radical (unpaired) electrons. The number of nitro benzene ring substituents is 1. The third-order valence-electron chi connectivity index (χ3n) is 3.99. The van der Waals surface area contributed by atoms with Crippen LogP contribution in [0.5, 0.6) is 5.75 Å². The van der Waals surface area contributed by atoms with Crippen LogP contribution in [-0.2, 0) is 11.2 Å². The Morgan fingerprint density at radius 2 is 2.15 bits per heavy atom. The molecule has 1 aromatic carbocycles. The number of nitrogens with zero attached hydrogens (tertiary/aromatic N) is 3. The van der Waals surface area contributed by atoms with E-state index in [1.807, 2.05) is 13.0 Å². The topological polar surface area (TPSA) is 100.0 Å². The number of rotatable bonds is 9. The highest BCUT2D eigenvalue weighted by atomic mass is 16.6. The van der Waals surface area contributed by atoms with Crippen LogP contribution >= 0.6 is 0 Å². The van der Waals surface area contributed by atoms with Crippen LogP contribution in [0, 0.1) is 17.0 Å². The van der Waals surface area contributed by atoms with Gasteiger partial charge in [-0.3, -0.25) is 10.1 Å². The fourth-order valence-corrected chi connectivity index (χ4v) is 2.72. The fourth-order valence-electron chi connectivity index (χ4n) is 2.72. The van der Waals surface area contributed by atoms with Crippen LogP contribution in [0.4, 0.5) is 5.69 Å². The van der Waals surface area contributed by atoms with E-state index >= 15 is 0 Å². The number of aliphatic imine (C=N–C) groups is 1. The van der Waals surface area contributed by atoms with Gasteiger partial charge in [0.2, 0.25) is 5.90 Å². The lowest BCUT2D eigenvalue weighted by atomic mass is 10.1. The van der Waals surface area contributed by atoms with E-state index in [9.17, 15) is 10.1 Å².